The van der Waals surface area contributed by atoms with Crippen LogP contribution in [0.4, 0.5) is 5.69 Å². The lowest BCUT2D eigenvalue weighted by atomic mass is 9.57. The van der Waals surface area contributed by atoms with Gasteiger partial charge in [0.15, 0.2) is 0 Å². The molecule has 3 fully saturated rings. The number of rotatable bonds is 5. The third-order valence-corrected chi connectivity index (χ3v) is 7.44. The Hall–Kier alpha value is -2.74. The summed E-state index contributed by atoms with van der Waals surface area (Å²) in [7, 11) is 0. The van der Waals surface area contributed by atoms with Gasteiger partial charge in [-0.1, -0.05) is 6.07 Å². The number of nitrogens with one attached hydrogen (secondary N) is 3. The number of anilines is 1. The second-order valence-electron chi connectivity index (χ2n) is 9.42. The maximum Gasteiger partial charge on any atom is 0.264 e. The summed E-state index contributed by atoms with van der Waals surface area (Å²) in [5.41, 5.74) is 1.84. The van der Waals surface area contributed by atoms with E-state index in [-0.39, 0.29) is 18.7 Å². The van der Waals surface area contributed by atoms with E-state index in [4.69, 9.17) is 0 Å². The first-order valence-corrected chi connectivity index (χ1v) is 11.3. The quantitative estimate of drug-likeness (QED) is 0.621. The molecule has 5 rings (SSSR count). The largest absolute Gasteiger partial charge is 0.384 e. The lowest BCUT2D eigenvalue weighted by Crippen LogP contribution is -2.54. The summed E-state index contributed by atoms with van der Waals surface area (Å²) in [5.74, 6) is -1.18. The Bertz CT molecular complexity index is 945. The second kappa shape index (κ2) is 7.75. The molecule has 1 atom stereocenters. The summed E-state index contributed by atoms with van der Waals surface area (Å²) >= 11 is 0. The van der Waals surface area contributed by atoms with Gasteiger partial charge in [-0.25, -0.2) is 0 Å². The molecule has 8 nitrogen and oxygen atoms in total. The van der Waals surface area contributed by atoms with Crippen LogP contribution in [0.2, 0.25) is 0 Å². The lowest BCUT2D eigenvalue weighted by molar-refractivity contribution is -0.136. The van der Waals surface area contributed by atoms with Gasteiger partial charge >= 0.3 is 0 Å². The molecule has 1 aliphatic carbocycles. The zero-order valence-corrected chi connectivity index (χ0v) is 17.5. The highest BCUT2D eigenvalue weighted by Crippen LogP contribution is 2.52. The molecule has 1 saturated carbocycles. The maximum atomic E-state index is 13.1. The molecule has 2 saturated heterocycles. The molecule has 0 bridgehead atoms. The Kier molecular flexibility index (Phi) is 5.04. The molecule has 164 valence electrons. The summed E-state index contributed by atoms with van der Waals surface area (Å²) in [4.78, 5) is 50.7. The highest BCUT2D eigenvalue weighted by Gasteiger charge is 2.46. The van der Waals surface area contributed by atoms with E-state index in [0.29, 0.717) is 28.1 Å². The van der Waals surface area contributed by atoms with Crippen molar-refractivity contribution in [3.05, 3.63) is 29.3 Å². The predicted molar refractivity (Wildman–Crippen MR) is 113 cm³/mol. The van der Waals surface area contributed by atoms with Gasteiger partial charge in [0.25, 0.3) is 11.8 Å². The summed E-state index contributed by atoms with van der Waals surface area (Å²) in [6.45, 7) is 3.00. The molecular weight excluding hydrogens is 396 g/mol. The van der Waals surface area contributed by atoms with Crippen molar-refractivity contribution < 1.29 is 19.2 Å². The van der Waals surface area contributed by atoms with E-state index in [2.05, 4.69) is 16.0 Å². The van der Waals surface area contributed by atoms with Crippen molar-refractivity contribution >= 4 is 29.3 Å². The minimum absolute atomic E-state index is 0.119. The number of hydrogen-bond acceptors (Lipinski definition) is 6. The van der Waals surface area contributed by atoms with Crippen molar-refractivity contribution in [2.75, 3.05) is 25.0 Å². The van der Waals surface area contributed by atoms with Crippen LogP contribution in [-0.2, 0) is 9.59 Å². The number of carbonyl (C=O) groups excluding carboxylic acids is 4. The second-order valence-corrected chi connectivity index (χ2v) is 9.42. The van der Waals surface area contributed by atoms with E-state index in [1.807, 2.05) is 6.07 Å². The molecule has 4 aliphatic rings. The summed E-state index contributed by atoms with van der Waals surface area (Å²) in [5, 5.41) is 9.02. The van der Waals surface area contributed by atoms with Crippen molar-refractivity contribution in [1.29, 1.82) is 0 Å². The monoisotopic (exact) mass is 424 g/mol. The molecule has 31 heavy (non-hydrogen) atoms. The van der Waals surface area contributed by atoms with Crippen LogP contribution in [0, 0.1) is 11.3 Å². The number of amides is 4. The van der Waals surface area contributed by atoms with Gasteiger partial charge in [0, 0.05) is 18.7 Å². The highest BCUT2D eigenvalue weighted by molar-refractivity contribution is 6.25. The van der Waals surface area contributed by atoms with Gasteiger partial charge in [-0.05, 0) is 75.1 Å². The number of hydrogen-bond donors (Lipinski definition) is 3. The maximum absolute atomic E-state index is 13.1. The van der Waals surface area contributed by atoms with Crippen molar-refractivity contribution in [1.82, 2.24) is 15.5 Å². The molecule has 0 radical (unpaired) electrons. The number of nitrogens with zero attached hydrogens (tertiary/aromatic N) is 1. The molecule has 3 N–H and O–H groups in total. The minimum Gasteiger partial charge on any atom is -0.384 e. The Labute approximate surface area is 181 Å². The van der Waals surface area contributed by atoms with Crippen LogP contribution >= 0.6 is 0 Å². The molecule has 1 aromatic carbocycles. The van der Waals surface area contributed by atoms with E-state index in [0.717, 1.165) is 31.0 Å². The number of carbonyl (C=O) groups is 4. The van der Waals surface area contributed by atoms with Crippen molar-refractivity contribution in [2.24, 2.45) is 11.3 Å². The van der Waals surface area contributed by atoms with Crippen LogP contribution in [0.15, 0.2) is 18.2 Å². The van der Waals surface area contributed by atoms with Gasteiger partial charge in [0.2, 0.25) is 11.8 Å². The fraction of sp³-hybridized carbons (Fsp3) is 0.565. The van der Waals surface area contributed by atoms with Crippen LogP contribution in [0.1, 0.15) is 65.7 Å². The third kappa shape index (κ3) is 3.52. The first-order valence-electron chi connectivity index (χ1n) is 11.3. The van der Waals surface area contributed by atoms with Crippen LogP contribution in [0.25, 0.3) is 0 Å². The van der Waals surface area contributed by atoms with Crippen molar-refractivity contribution in [3.63, 3.8) is 0 Å². The van der Waals surface area contributed by atoms with E-state index in [1.165, 1.54) is 25.7 Å². The van der Waals surface area contributed by atoms with Crippen molar-refractivity contribution in [3.8, 4) is 0 Å². The first-order chi connectivity index (χ1) is 15.0. The fourth-order valence-electron chi connectivity index (χ4n) is 5.81. The van der Waals surface area contributed by atoms with E-state index < -0.39 is 23.8 Å². The van der Waals surface area contributed by atoms with Gasteiger partial charge in [0.1, 0.15) is 6.04 Å². The topological polar surface area (TPSA) is 108 Å². The Morgan fingerprint density at radius 2 is 1.84 bits per heavy atom. The molecular formula is C23H28N4O4. The Balaban J connectivity index is 1.23. The zero-order valence-electron chi connectivity index (χ0n) is 17.5. The third-order valence-electron chi connectivity index (χ3n) is 7.44. The predicted octanol–water partition coefficient (Wildman–Crippen LogP) is 1.67. The molecule has 1 spiro atoms. The van der Waals surface area contributed by atoms with E-state index >= 15 is 0 Å². The zero-order chi connectivity index (χ0) is 21.6. The van der Waals surface area contributed by atoms with E-state index in [1.54, 1.807) is 12.1 Å². The molecule has 4 amide bonds. The van der Waals surface area contributed by atoms with Gasteiger partial charge in [0.05, 0.1) is 11.1 Å². The summed E-state index contributed by atoms with van der Waals surface area (Å²) in [6, 6.07) is 4.26. The highest BCUT2D eigenvalue weighted by atomic mass is 16.2. The fourth-order valence-corrected chi connectivity index (χ4v) is 5.81. The average Bonchev–Trinajstić information content (AvgIpc) is 2.99. The number of fused-ring (bicyclic) bond motifs is 1. The molecule has 0 aromatic heterocycles. The number of piperidine rings is 2. The lowest BCUT2D eigenvalue weighted by Gasteiger charge is -2.50. The van der Waals surface area contributed by atoms with Gasteiger partial charge in [-0.2, -0.15) is 0 Å². The summed E-state index contributed by atoms with van der Waals surface area (Å²) in [6.07, 6.45) is 6.43. The molecule has 1 aromatic rings. The van der Waals surface area contributed by atoms with Gasteiger partial charge < -0.3 is 10.6 Å². The number of imide groups is 2. The molecule has 3 aliphatic heterocycles. The van der Waals surface area contributed by atoms with Gasteiger partial charge in [-0.3, -0.25) is 29.4 Å². The van der Waals surface area contributed by atoms with Crippen molar-refractivity contribution in [2.45, 2.75) is 51.0 Å². The Morgan fingerprint density at radius 3 is 2.58 bits per heavy atom. The van der Waals surface area contributed by atoms with Crippen LogP contribution in [0.5, 0.6) is 0 Å². The Morgan fingerprint density at radius 1 is 1.06 bits per heavy atom. The van der Waals surface area contributed by atoms with Crippen LogP contribution < -0.4 is 16.0 Å². The first kappa shape index (κ1) is 20.2. The average molecular weight is 425 g/mol. The van der Waals surface area contributed by atoms with Crippen LogP contribution in [-0.4, -0.2) is 54.2 Å². The van der Waals surface area contributed by atoms with E-state index in [9.17, 15) is 19.2 Å². The normalized spacial score (nSPS) is 25.4. The summed E-state index contributed by atoms with van der Waals surface area (Å²) < 4.78 is 0. The molecule has 8 heteroatoms. The SMILES string of the molecule is O=C1CCC(N2C(=O)c3cccc(NCCC4CC5(CCNCC5)C4)c3C2=O)C(=O)N1. The standard InChI is InChI=1S/C23H28N4O4/c28-18-5-4-17(20(29)26-18)27-21(30)15-2-1-3-16(19(15)22(27)31)25-9-6-14-12-23(13-14)7-10-24-11-8-23/h1-3,14,17,24-25H,4-13H2,(H,26,28,29). The molecule has 3 heterocycles. The number of benzene rings is 1. The smallest absolute Gasteiger partial charge is 0.264 e. The molecule has 1 unspecified atom stereocenters. The van der Waals surface area contributed by atoms with Crippen LogP contribution in [0.3, 0.4) is 0 Å². The minimum atomic E-state index is -0.936. The van der Waals surface area contributed by atoms with Gasteiger partial charge in [-0.15, -0.1) is 0 Å².